The second-order valence-electron chi connectivity index (χ2n) is 8.11. The molecule has 0 N–H and O–H groups in total. The molecule has 0 saturated carbocycles. The molecule has 0 unspecified atom stereocenters. The van der Waals surface area contributed by atoms with Crippen molar-refractivity contribution >= 4 is 28.8 Å². The molecule has 0 saturated heterocycles. The van der Waals surface area contributed by atoms with Crippen molar-refractivity contribution in [2.45, 2.75) is 24.3 Å². The maximum absolute atomic E-state index is 13.0. The predicted molar refractivity (Wildman–Crippen MR) is 135 cm³/mol. The monoisotopic (exact) mass is 476 g/mol. The molecule has 6 nitrogen and oxygen atoms in total. The molecule has 34 heavy (non-hydrogen) atoms. The van der Waals surface area contributed by atoms with Gasteiger partial charge in [0.1, 0.15) is 5.52 Å². The fourth-order valence-corrected chi connectivity index (χ4v) is 4.45. The lowest BCUT2D eigenvalue weighted by Crippen LogP contribution is -2.28. The first-order chi connectivity index (χ1) is 16.5. The van der Waals surface area contributed by atoms with Crippen LogP contribution in [0.2, 0.25) is 0 Å². The Kier molecular flexibility index (Phi) is 7.43. The lowest BCUT2D eigenvalue weighted by Gasteiger charge is -2.18. The smallest absolute Gasteiger partial charge is 0.257 e. The molecular weight excluding hydrogens is 448 g/mol. The number of likely N-dealkylation sites (N-methyl/N-ethyl adjacent to an activating group) is 1. The molecule has 0 fully saturated rings. The van der Waals surface area contributed by atoms with Gasteiger partial charge < -0.3 is 18.8 Å². The third-order valence-corrected chi connectivity index (χ3v) is 6.49. The molecule has 7 heteroatoms. The van der Waals surface area contributed by atoms with E-state index in [4.69, 9.17) is 13.9 Å². The molecule has 0 spiro atoms. The number of hydrogen-bond acceptors (Lipinski definition) is 6. The Labute approximate surface area is 203 Å². The van der Waals surface area contributed by atoms with Gasteiger partial charge in [0, 0.05) is 24.9 Å². The third kappa shape index (κ3) is 5.54. The molecule has 4 rings (SSSR count). The van der Waals surface area contributed by atoms with E-state index in [9.17, 15) is 4.79 Å². The summed E-state index contributed by atoms with van der Waals surface area (Å²) in [5.41, 5.74) is 5.59. The van der Waals surface area contributed by atoms with E-state index in [-0.39, 0.29) is 5.91 Å². The fraction of sp³-hybridized carbons (Fsp3) is 0.259. The number of aryl methyl sites for hydroxylation is 1. The molecule has 1 amide bonds. The molecular formula is C27H28N2O4S. The third-order valence-electron chi connectivity index (χ3n) is 5.59. The lowest BCUT2D eigenvalue weighted by molar-refractivity contribution is 0.0796. The zero-order chi connectivity index (χ0) is 24.1. The van der Waals surface area contributed by atoms with Crippen LogP contribution in [0.5, 0.6) is 11.5 Å². The SMILES string of the molecule is COc1ccc(CCN(C)C(=O)c2cccc(CSc3nc4cc(C)ccc4o3)c2)cc1OC. The van der Waals surface area contributed by atoms with E-state index in [0.717, 1.165) is 34.2 Å². The highest BCUT2D eigenvalue weighted by Crippen LogP contribution is 2.28. The summed E-state index contributed by atoms with van der Waals surface area (Å²) < 4.78 is 16.5. The molecule has 0 aliphatic rings. The standard InChI is InChI=1S/C27H28N2O4S/c1-18-8-10-23-22(14-18)28-27(33-23)34-17-20-6-5-7-21(15-20)26(30)29(2)13-12-19-9-11-24(31-3)25(16-19)32-4/h5-11,14-16H,12-13,17H2,1-4H3. The number of rotatable bonds is 9. The Hall–Kier alpha value is -3.45. The zero-order valence-electron chi connectivity index (χ0n) is 19.8. The van der Waals surface area contributed by atoms with Crippen LogP contribution in [0.1, 0.15) is 27.0 Å². The van der Waals surface area contributed by atoms with Crippen molar-refractivity contribution in [3.8, 4) is 11.5 Å². The van der Waals surface area contributed by atoms with Crippen LogP contribution in [0, 0.1) is 6.92 Å². The first-order valence-corrected chi connectivity index (χ1v) is 12.0. The van der Waals surface area contributed by atoms with E-state index < -0.39 is 0 Å². The van der Waals surface area contributed by atoms with Crippen molar-refractivity contribution in [1.29, 1.82) is 0 Å². The number of nitrogens with zero attached hydrogens (tertiary/aromatic N) is 2. The van der Waals surface area contributed by atoms with Crippen LogP contribution in [0.25, 0.3) is 11.1 Å². The summed E-state index contributed by atoms with van der Waals surface area (Å²) in [7, 11) is 5.06. The summed E-state index contributed by atoms with van der Waals surface area (Å²) in [5.74, 6) is 2.04. The molecule has 0 aliphatic heterocycles. The van der Waals surface area contributed by atoms with E-state index in [1.54, 1.807) is 19.1 Å². The number of amides is 1. The van der Waals surface area contributed by atoms with Gasteiger partial charge in [0.05, 0.1) is 14.2 Å². The van der Waals surface area contributed by atoms with Crippen LogP contribution in [0.4, 0.5) is 0 Å². The van der Waals surface area contributed by atoms with E-state index in [0.29, 0.717) is 34.6 Å². The van der Waals surface area contributed by atoms with Gasteiger partial charge in [0.25, 0.3) is 11.1 Å². The minimum Gasteiger partial charge on any atom is -0.493 e. The summed E-state index contributed by atoms with van der Waals surface area (Å²) in [6.07, 6.45) is 0.718. The van der Waals surface area contributed by atoms with Gasteiger partial charge in [-0.25, -0.2) is 4.98 Å². The maximum Gasteiger partial charge on any atom is 0.257 e. The Bertz CT molecular complexity index is 1300. The number of aromatic nitrogens is 1. The summed E-state index contributed by atoms with van der Waals surface area (Å²) in [6, 6.07) is 19.5. The summed E-state index contributed by atoms with van der Waals surface area (Å²) in [4.78, 5) is 19.3. The first kappa shape index (κ1) is 23.7. The average Bonchev–Trinajstić information content (AvgIpc) is 3.27. The van der Waals surface area contributed by atoms with Crippen LogP contribution in [0.3, 0.4) is 0 Å². The molecule has 1 aromatic heterocycles. The van der Waals surface area contributed by atoms with Gasteiger partial charge in [-0.1, -0.05) is 36.0 Å². The summed E-state index contributed by atoms with van der Waals surface area (Å²) >= 11 is 1.52. The molecule has 0 atom stereocenters. The van der Waals surface area contributed by atoms with Crippen LogP contribution in [-0.4, -0.2) is 43.6 Å². The number of ether oxygens (including phenoxy) is 2. The van der Waals surface area contributed by atoms with Gasteiger partial charge in [0.15, 0.2) is 17.1 Å². The minimum absolute atomic E-state index is 0.00957. The summed E-state index contributed by atoms with van der Waals surface area (Å²) in [6.45, 7) is 2.63. The minimum atomic E-state index is -0.00957. The van der Waals surface area contributed by atoms with Gasteiger partial charge in [-0.3, -0.25) is 4.79 Å². The number of carbonyl (C=O) groups excluding carboxylic acids is 1. The van der Waals surface area contributed by atoms with Crippen molar-refractivity contribution in [3.63, 3.8) is 0 Å². The van der Waals surface area contributed by atoms with Crippen LogP contribution >= 0.6 is 11.8 Å². The van der Waals surface area contributed by atoms with Crippen molar-refractivity contribution in [2.75, 3.05) is 27.8 Å². The van der Waals surface area contributed by atoms with Gasteiger partial charge in [-0.05, 0) is 66.4 Å². The van der Waals surface area contributed by atoms with Gasteiger partial charge in [0.2, 0.25) is 0 Å². The molecule has 0 bridgehead atoms. The topological polar surface area (TPSA) is 64.8 Å². The number of benzene rings is 3. The van der Waals surface area contributed by atoms with Crippen LogP contribution in [0.15, 0.2) is 70.3 Å². The highest BCUT2D eigenvalue weighted by atomic mass is 32.2. The molecule has 176 valence electrons. The quantitative estimate of drug-likeness (QED) is 0.286. The lowest BCUT2D eigenvalue weighted by atomic mass is 10.1. The van der Waals surface area contributed by atoms with Gasteiger partial charge >= 0.3 is 0 Å². The normalized spacial score (nSPS) is 10.9. The largest absolute Gasteiger partial charge is 0.493 e. The average molecular weight is 477 g/mol. The van der Waals surface area contributed by atoms with Gasteiger partial charge in [-0.2, -0.15) is 0 Å². The van der Waals surface area contributed by atoms with Crippen molar-refractivity contribution in [2.24, 2.45) is 0 Å². The molecule has 1 heterocycles. The Morgan fingerprint density at radius 2 is 1.82 bits per heavy atom. The van der Waals surface area contributed by atoms with Crippen molar-refractivity contribution in [1.82, 2.24) is 9.88 Å². The van der Waals surface area contributed by atoms with E-state index in [1.165, 1.54) is 11.8 Å². The number of carbonyl (C=O) groups is 1. The van der Waals surface area contributed by atoms with Gasteiger partial charge in [-0.15, -0.1) is 0 Å². The molecule has 4 aromatic rings. The molecule has 3 aromatic carbocycles. The second-order valence-corrected chi connectivity index (χ2v) is 9.03. The predicted octanol–water partition coefficient (Wildman–Crippen LogP) is 5.76. The highest BCUT2D eigenvalue weighted by molar-refractivity contribution is 7.98. The Morgan fingerprint density at radius 1 is 1.00 bits per heavy atom. The Balaban J connectivity index is 1.36. The van der Waals surface area contributed by atoms with E-state index in [2.05, 4.69) is 4.98 Å². The maximum atomic E-state index is 13.0. The van der Waals surface area contributed by atoms with E-state index >= 15 is 0 Å². The molecule has 0 aliphatic carbocycles. The zero-order valence-corrected chi connectivity index (χ0v) is 20.6. The second kappa shape index (κ2) is 10.7. The van der Waals surface area contributed by atoms with Crippen LogP contribution in [-0.2, 0) is 12.2 Å². The molecule has 0 radical (unpaired) electrons. The highest BCUT2D eigenvalue weighted by Gasteiger charge is 2.14. The van der Waals surface area contributed by atoms with Crippen molar-refractivity contribution < 1.29 is 18.7 Å². The van der Waals surface area contributed by atoms with Crippen molar-refractivity contribution in [3.05, 3.63) is 82.9 Å². The fourth-order valence-electron chi connectivity index (χ4n) is 3.67. The number of thioether (sulfide) groups is 1. The number of methoxy groups -OCH3 is 2. The number of hydrogen-bond donors (Lipinski definition) is 0. The Morgan fingerprint density at radius 3 is 2.62 bits per heavy atom. The first-order valence-electron chi connectivity index (χ1n) is 11.0. The number of fused-ring (bicyclic) bond motifs is 1. The summed E-state index contributed by atoms with van der Waals surface area (Å²) in [5, 5.41) is 0.629. The number of oxazole rings is 1. The van der Waals surface area contributed by atoms with E-state index in [1.807, 2.05) is 74.6 Å². The van der Waals surface area contributed by atoms with Crippen LogP contribution < -0.4 is 9.47 Å².